The summed E-state index contributed by atoms with van der Waals surface area (Å²) >= 11 is 0. The van der Waals surface area contributed by atoms with E-state index in [1.165, 1.54) is 24.3 Å². The van der Waals surface area contributed by atoms with E-state index in [9.17, 15) is 42.1 Å². The van der Waals surface area contributed by atoms with Gasteiger partial charge in [0.15, 0.2) is 17.3 Å². The molecule has 14 N–H and O–H groups in total. The molecule has 1 atom stereocenters. The molecule has 332 valence electrons. The molecule has 0 bridgehead atoms. The fraction of sp³-hybridized carbons (Fsp3) is 0.308. The van der Waals surface area contributed by atoms with Crippen LogP contribution in [-0.2, 0) is 36.2 Å². The number of ketones is 1. The van der Waals surface area contributed by atoms with Crippen molar-refractivity contribution in [1.29, 1.82) is 10.8 Å². The predicted octanol–water partition coefficient (Wildman–Crippen LogP) is 1.69. The van der Waals surface area contributed by atoms with Crippen LogP contribution in [0.25, 0.3) is 5.57 Å². The Balaban J connectivity index is 0.000000250. The molecule has 2 aliphatic carbocycles. The molecule has 0 spiro atoms. The van der Waals surface area contributed by atoms with Gasteiger partial charge in [-0.2, -0.15) is 16.8 Å². The molecule has 6 rings (SSSR count). The Labute approximate surface area is 351 Å². The van der Waals surface area contributed by atoms with E-state index in [0.29, 0.717) is 46.6 Å². The predicted molar refractivity (Wildman–Crippen MR) is 222 cm³/mol. The average Bonchev–Trinajstić information content (AvgIpc) is 3.47. The van der Waals surface area contributed by atoms with Gasteiger partial charge in [0, 0.05) is 28.7 Å². The van der Waals surface area contributed by atoms with Gasteiger partial charge in [-0.25, -0.2) is 0 Å². The monoisotopic (exact) mass is 892 g/mol. The number of nitrogens with one attached hydrogen (secondary N) is 2. The first-order valence-electron chi connectivity index (χ1n) is 18.2. The Morgan fingerprint density at radius 3 is 1.61 bits per heavy atom. The zero-order chi connectivity index (χ0) is 45.5. The van der Waals surface area contributed by atoms with E-state index >= 15 is 0 Å². The van der Waals surface area contributed by atoms with Gasteiger partial charge in [-0.1, -0.05) is 0 Å². The molecule has 20 nitrogen and oxygen atoms in total. The summed E-state index contributed by atoms with van der Waals surface area (Å²) in [6.07, 6.45) is 5.80. The average molecular weight is 893 g/mol. The molecule has 0 saturated heterocycles. The number of hydrogen-bond donors (Lipinski definition) is 12. The number of carbonyl (C=O) groups is 1. The summed E-state index contributed by atoms with van der Waals surface area (Å²) in [7, 11) is -7.85. The number of benzene rings is 3. The summed E-state index contributed by atoms with van der Waals surface area (Å²) < 4.78 is 70.9. The lowest BCUT2D eigenvalue weighted by Gasteiger charge is -2.33. The fourth-order valence-electron chi connectivity index (χ4n) is 5.71. The Hall–Kier alpha value is -6.01. The molecular weight excluding hydrogens is 845 g/mol. The number of hydrogen-bond acceptors (Lipinski definition) is 16. The van der Waals surface area contributed by atoms with Gasteiger partial charge in [0.1, 0.15) is 35.4 Å². The van der Waals surface area contributed by atoms with Crippen molar-refractivity contribution in [2.24, 2.45) is 11.5 Å². The van der Waals surface area contributed by atoms with Crippen LogP contribution in [0.15, 0.2) is 89.9 Å². The highest BCUT2D eigenvalue weighted by atomic mass is 32.2. The lowest BCUT2D eigenvalue weighted by atomic mass is 9.85. The van der Waals surface area contributed by atoms with Crippen molar-refractivity contribution in [3.63, 3.8) is 0 Å². The summed E-state index contributed by atoms with van der Waals surface area (Å²) in [5.74, 6) is -1.05. The normalized spacial score (nSPS) is 16.2. The maximum absolute atomic E-state index is 11.5. The number of allylic oxidation sites excluding steroid dienone is 2. The molecule has 0 radical (unpaired) electrons. The second-order valence-corrected chi connectivity index (χ2v) is 16.5. The van der Waals surface area contributed by atoms with Crippen LogP contribution in [0.4, 0.5) is 0 Å². The number of unbranched alkanes of at least 4 members (excludes halogenated alkanes) is 2. The van der Waals surface area contributed by atoms with E-state index in [0.717, 1.165) is 30.8 Å². The molecule has 22 heteroatoms. The third-order valence-corrected chi connectivity index (χ3v) is 9.99. The van der Waals surface area contributed by atoms with Crippen molar-refractivity contribution in [2.45, 2.75) is 31.3 Å². The van der Waals surface area contributed by atoms with Crippen LogP contribution < -0.4 is 20.9 Å². The van der Waals surface area contributed by atoms with E-state index in [2.05, 4.69) is 0 Å². The Bertz CT molecular complexity index is 2270. The van der Waals surface area contributed by atoms with E-state index in [1.807, 2.05) is 24.3 Å². The van der Waals surface area contributed by atoms with Gasteiger partial charge in [0.25, 0.3) is 20.2 Å². The highest BCUT2D eigenvalue weighted by molar-refractivity contribution is 7.86. The number of aliphatic hydroxyl groups excluding tert-OH is 3. The minimum Gasteiger partial charge on any atom is -0.504 e. The van der Waals surface area contributed by atoms with E-state index in [4.69, 9.17) is 55.8 Å². The number of rotatable bonds is 14. The maximum Gasteiger partial charge on any atom is 0.267 e. The van der Waals surface area contributed by atoms with Gasteiger partial charge in [0.05, 0.1) is 37.9 Å². The van der Waals surface area contributed by atoms with Gasteiger partial charge in [-0.3, -0.25) is 24.7 Å². The highest BCUT2D eigenvalue weighted by Crippen LogP contribution is 2.50. The molecule has 1 unspecified atom stereocenters. The van der Waals surface area contributed by atoms with Crippen molar-refractivity contribution in [3.05, 3.63) is 112 Å². The van der Waals surface area contributed by atoms with Gasteiger partial charge in [-0.05, 0) is 103 Å². The third-order valence-electron chi connectivity index (χ3n) is 8.59. The molecular formula is C39H48N4O16S2. The number of phenolic OH excluding ortho intramolecular Hbond substituents is 2. The highest BCUT2D eigenvalue weighted by Gasteiger charge is 2.48. The van der Waals surface area contributed by atoms with Crippen LogP contribution >= 0.6 is 0 Å². The van der Waals surface area contributed by atoms with Crippen LogP contribution in [-0.4, -0.2) is 124 Å². The molecule has 3 aromatic rings. The Morgan fingerprint density at radius 1 is 0.738 bits per heavy atom. The van der Waals surface area contributed by atoms with Crippen LogP contribution in [0.2, 0.25) is 0 Å². The summed E-state index contributed by atoms with van der Waals surface area (Å²) in [4.78, 5) is 11.5. The molecule has 3 aliphatic rings. The van der Waals surface area contributed by atoms with E-state index in [-0.39, 0.29) is 42.0 Å². The first-order chi connectivity index (χ1) is 28.6. The van der Waals surface area contributed by atoms with Crippen molar-refractivity contribution < 1.29 is 75.6 Å². The van der Waals surface area contributed by atoms with Crippen LogP contribution in [0.3, 0.4) is 0 Å². The first kappa shape index (κ1) is 49.4. The van der Waals surface area contributed by atoms with Gasteiger partial charge in [-0.15, -0.1) is 0 Å². The van der Waals surface area contributed by atoms with Crippen LogP contribution in [0, 0.1) is 10.8 Å². The second-order valence-electron chi connectivity index (χ2n) is 13.3. The topological polar surface area (TPSA) is 375 Å². The molecule has 0 saturated carbocycles. The van der Waals surface area contributed by atoms with E-state index in [1.54, 1.807) is 24.3 Å². The minimum atomic E-state index is -3.92. The zero-order valence-electron chi connectivity index (χ0n) is 32.5. The molecule has 0 aromatic heterocycles. The van der Waals surface area contributed by atoms with Crippen molar-refractivity contribution in [3.8, 4) is 23.0 Å². The third kappa shape index (κ3) is 15.2. The number of fused-ring (bicyclic) bond motifs is 4. The molecule has 0 amide bonds. The number of carbonyl (C=O) groups excluding carboxylic acids is 1. The van der Waals surface area contributed by atoms with Crippen molar-refractivity contribution in [1.82, 2.24) is 0 Å². The van der Waals surface area contributed by atoms with Crippen LogP contribution in [0.1, 0.15) is 41.5 Å². The summed E-state index contributed by atoms with van der Waals surface area (Å²) in [6.45, 7) is 0.111. The fourth-order valence-corrected chi connectivity index (χ4v) is 6.17. The smallest absolute Gasteiger partial charge is 0.267 e. The number of ether oxygens (including phenoxy) is 3. The molecule has 1 aliphatic heterocycles. The SMILES string of the molecule is N=C(N)c1ccc(OCCCCCOc2ccc(C(=N)N)cc2)cc1.O=C1C=CC2=C3c4cc(O)c(O)cc4CC3(O)COC2=C1O.O=S(=O)(O)CCO.O=S(=O)(O)CCO. The molecule has 1 heterocycles. The van der Waals surface area contributed by atoms with Gasteiger partial charge < -0.3 is 56.3 Å². The number of aliphatic hydroxyl groups is 4. The number of nitrogens with two attached hydrogens (primary N) is 2. The Kier molecular flexibility index (Phi) is 17.8. The molecule has 0 fully saturated rings. The quantitative estimate of drug-likeness (QED) is 0.0360. The lowest BCUT2D eigenvalue weighted by molar-refractivity contribution is -0.114. The summed E-state index contributed by atoms with van der Waals surface area (Å²) in [5, 5.41) is 70.5. The maximum atomic E-state index is 11.5. The molecule has 3 aromatic carbocycles. The summed E-state index contributed by atoms with van der Waals surface area (Å²) in [5.41, 5.74) is 13.0. The van der Waals surface area contributed by atoms with Crippen LogP contribution in [0.5, 0.6) is 23.0 Å². The standard InChI is InChI=1S/C19H24N4O2.C16H12O6.2C2H6O4S/c20-18(21)14-4-8-16(9-5-14)24-12-2-1-3-13-25-17-10-6-15(7-11-17)19(22)23;17-10-2-1-8-13-9-4-12(19)11(18)3-7(9)5-16(13,21)6-22-15(8)14(10)20;2*3-1-2-7(4,5)6/h4-11H,1-3,12-13H2,(H3,20,21)(H3,22,23);1-4,18-21H,5-6H2;2*3H,1-2H2,(H,4,5,6). The van der Waals surface area contributed by atoms with Crippen molar-refractivity contribution >= 4 is 43.3 Å². The second kappa shape index (κ2) is 22.0. The first-order valence-corrected chi connectivity index (χ1v) is 21.4. The zero-order valence-corrected chi connectivity index (χ0v) is 34.2. The van der Waals surface area contributed by atoms with E-state index < -0.39 is 62.1 Å². The number of phenols is 2. The van der Waals surface area contributed by atoms with Gasteiger partial charge >= 0.3 is 0 Å². The lowest BCUT2D eigenvalue weighted by Crippen LogP contribution is -2.39. The number of amidine groups is 2. The van der Waals surface area contributed by atoms with Crippen molar-refractivity contribution in [2.75, 3.05) is 44.5 Å². The minimum absolute atomic E-state index is 0.0348. The number of nitrogen functional groups attached to an aromatic ring is 2. The van der Waals surface area contributed by atoms with Gasteiger partial charge in [0.2, 0.25) is 11.5 Å². The number of aromatic hydroxyl groups is 2. The largest absolute Gasteiger partial charge is 0.504 e. The molecule has 61 heavy (non-hydrogen) atoms. The summed E-state index contributed by atoms with van der Waals surface area (Å²) in [6, 6.07) is 17.2. The Morgan fingerprint density at radius 2 is 1.20 bits per heavy atom.